The summed E-state index contributed by atoms with van der Waals surface area (Å²) in [5, 5.41) is 9.66. The van der Waals surface area contributed by atoms with Crippen molar-refractivity contribution in [3.63, 3.8) is 0 Å². The van der Waals surface area contributed by atoms with Gasteiger partial charge in [-0.05, 0) is 6.92 Å². The highest BCUT2D eigenvalue weighted by Gasteiger charge is 2.08. The first kappa shape index (κ1) is 11.3. The van der Waals surface area contributed by atoms with Crippen LogP contribution >= 0.6 is 0 Å². The molecule has 1 aromatic heterocycles. The number of anilines is 1. The molecule has 17 heavy (non-hydrogen) atoms. The van der Waals surface area contributed by atoms with Crippen molar-refractivity contribution in [2.75, 3.05) is 12.0 Å². The number of carbonyl (C=O) groups excluding carboxylic acids is 1. The van der Waals surface area contributed by atoms with Gasteiger partial charge >= 0.3 is 6.09 Å². The summed E-state index contributed by atoms with van der Waals surface area (Å²) >= 11 is 0. The quantitative estimate of drug-likeness (QED) is 0.601. The van der Waals surface area contributed by atoms with Gasteiger partial charge < -0.3 is 4.74 Å². The lowest BCUT2D eigenvalue weighted by Gasteiger charge is -2.04. The third-order valence-corrected chi connectivity index (χ3v) is 2.18. The second-order valence-electron chi connectivity index (χ2n) is 3.32. The molecule has 2 aromatic rings. The fourth-order valence-corrected chi connectivity index (χ4v) is 1.45. The normalized spacial score (nSPS) is 10.2. The van der Waals surface area contributed by atoms with Crippen molar-refractivity contribution in [3.8, 4) is 0 Å². The Kier molecular flexibility index (Phi) is 3.46. The molecule has 0 atom stereocenters. The van der Waals surface area contributed by atoms with Crippen molar-refractivity contribution < 1.29 is 15.0 Å². The average molecular weight is 233 g/mol. The molecule has 1 amide bonds. The SMILES string of the molecule is CCOC(=O)[NH2+]Nc1nncc2ccccc12. The van der Waals surface area contributed by atoms with Crippen LogP contribution in [0.4, 0.5) is 10.6 Å². The number of hydrogen-bond donors (Lipinski definition) is 2. The average Bonchev–Trinajstić information content (AvgIpc) is 2.36. The molecule has 0 aliphatic rings. The maximum absolute atomic E-state index is 11.2. The summed E-state index contributed by atoms with van der Waals surface area (Å²) in [6, 6.07) is 7.66. The van der Waals surface area contributed by atoms with Crippen molar-refractivity contribution in [1.82, 2.24) is 10.2 Å². The van der Waals surface area contributed by atoms with Gasteiger partial charge in [0, 0.05) is 10.8 Å². The standard InChI is InChI=1S/C11H12N4O2/c1-2-17-11(16)15-14-10-9-6-4-3-5-8(9)7-12-13-10/h3-7H,2H2,1H3,(H,13,14)(H,15,16)/p+1. The minimum absolute atomic E-state index is 0.345. The van der Waals surface area contributed by atoms with Crippen molar-refractivity contribution >= 4 is 22.7 Å². The van der Waals surface area contributed by atoms with Gasteiger partial charge in [-0.25, -0.2) is 5.43 Å². The molecule has 1 aromatic carbocycles. The first-order chi connectivity index (χ1) is 8.31. The number of aromatic nitrogens is 2. The molecule has 0 aliphatic carbocycles. The molecule has 0 fully saturated rings. The van der Waals surface area contributed by atoms with E-state index in [-0.39, 0.29) is 0 Å². The van der Waals surface area contributed by atoms with Crippen LogP contribution in [0.3, 0.4) is 0 Å². The molecule has 6 nitrogen and oxygen atoms in total. The topological polar surface area (TPSA) is 80.7 Å². The van der Waals surface area contributed by atoms with Gasteiger partial charge in [0.2, 0.25) is 5.82 Å². The Labute approximate surface area is 98.0 Å². The number of carbonyl (C=O) groups is 1. The first-order valence-electron chi connectivity index (χ1n) is 5.28. The predicted molar refractivity (Wildman–Crippen MR) is 62.1 cm³/mol. The molecule has 88 valence electrons. The fourth-order valence-electron chi connectivity index (χ4n) is 1.45. The van der Waals surface area contributed by atoms with Crippen LogP contribution in [-0.4, -0.2) is 22.9 Å². The Balaban J connectivity index is 2.16. The van der Waals surface area contributed by atoms with E-state index in [4.69, 9.17) is 4.74 Å². The minimum Gasteiger partial charge on any atom is -0.419 e. The van der Waals surface area contributed by atoms with Crippen LogP contribution in [0.5, 0.6) is 0 Å². The van der Waals surface area contributed by atoms with Crippen LogP contribution < -0.4 is 10.9 Å². The van der Waals surface area contributed by atoms with Crippen molar-refractivity contribution in [2.24, 2.45) is 0 Å². The van der Waals surface area contributed by atoms with Crippen LogP contribution in [0, 0.1) is 0 Å². The zero-order chi connectivity index (χ0) is 12.1. The largest absolute Gasteiger partial charge is 0.537 e. The molecular formula is C11H13N4O2+. The van der Waals surface area contributed by atoms with Crippen molar-refractivity contribution in [3.05, 3.63) is 30.5 Å². The van der Waals surface area contributed by atoms with Crippen LogP contribution in [-0.2, 0) is 4.74 Å². The van der Waals surface area contributed by atoms with E-state index in [0.717, 1.165) is 10.8 Å². The number of benzene rings is 1. The van der Waals surface area contributed by atoms with Gasteiger partial charge in [0.15, 0.2) is 0 Å². The molecule has 1 heterocycles. The summed E-state index contributed by atoms with van der Waals surface area (Å²) in [6.45, 7) is 2.10. The minimum atomic E-state index is -0.428. The second kappa shape index (κ2) is 5.22. The van der Waals surface area contributed by atoms with E-state index in [0.29, 0.717) is 12.4 Å². The maximum Gasteiger partial charge on any atom is 0.537 e. The molecule has 0 unspecified atom stereocenters. The number of nitrogens with two attached hydrogens (primary N) is 1. The van der Waals surface area contributed by atoms with E-state index in [1.165, 1.54) is 5.43 Å². The molecule has 0 bridgehead atoms. The smallest absolute Gasteiger partial charge is 0.419 e. The Hall–Kier alpha value is -2.21. The molecule has 0 saturated carbocycles. The number of hydrogen-bond acceptors (Lipinski definition) is 5. The number of amides is 1. The molecule has 6 heteroatoms. The van der Waals surface area contributed by atoms with Gasteiger partial charge in [0.25, 0.3) is 0 Å². The Morgan fingerprint density at radius 1 is 1.47 bits per heavy atom. The van der Waals surface area contributed by atoms with Gasteiger partial charge in [0.05, 0.1) is 12.8 Å². The Morgan fingerprint density at radius 3 is 3.12 bits per heavy atom. The molecule has 0 saturated heterocycles. The van der Waals surface area contributed by atoms with Crippen LogP contribution in [0.2, 0.25) is 0 Å². The highest BCUT2D eigenvalue weighted by molar-refractivity contribution is 5.90. The molecule has 2 rings (SSSR count). The number of rotatable bonds is 3. The first-order valence-corrected chi connectivity index (χ1v) is 5.28. The van der Waals surface area contributed by atoms with Gasteiger partial charge in [-0.2, -0.15) is 9.89 Å². The summed E-state index contributed by atoms with van der Waals surface area (Å²) in [5.74, 6) is 0.538. The summed E-state index contributed by atoms with van der Waals surface area (Å²) in [5.41, 5.74) is 4.04. The van der Waals surface area contributed by atoms with E-state index >= 15 is 0 Å². The fraction of sp³-hybridized carbons (Fsp3) is 0.182. The molecular weight excluding hydrogens is 220 g/mol. The number of nitrogens with zero attached hydrogens (tertiary/aromatic N) is 2. The highest BCUT2D eigenvalue weighted by Crippen LogP contribution is 2.17. The molecule has 3 N–H and O–H groups in total. The number of nitrogens with one attached hydrogen (secondary N) is 1. The highest BCUT2D eigenvalue weighted by atomic mass is 16.5. The summed E-state index contributed by atoms with van der Waals surface area (Å²) in [4.78, 5) is 11.2. The zero-order valence-corrected chi connectivity index (χ0v) is 9.38. The van der Waals surface area contributed by atoms with E-state index in [2.05, 4.69) is 15.6 Å². The number of quaternary nitrogens is 1. The Bertz CT molecular complexity index is 524. The lowest BCUT2D eigenvalue weighted by molar-refractivity contribution is -0.539. The summed E-state index contributed by atoms with van der Waals surface area (Å²) in [6.07, 6.45) is 1.24. The van der Waals surface area contributed by atoms with E-state index in [1.807, 2.05) is 24.3 Å². The summed E-state index contributed by atoms with van der Waals surface area (Å²) < 4.78 is 4.77. The lowest BCUT2D eigenvalue weighted by atomic mass is 10.2. The number of nitrogen functional groups attached to an aromatic ring is 1. The Morgan fingerprint density at radius 2 is 2.29 bits per heavy atom. The van der Waals surface area contributed by atoms with Gasteiger partial charge in [0.1, 0.15) is 0 Å². The third kappa shape index (κ3) is 2.67. The van der Waals surface area contributed by atoms with Crippen LogP contribution in [0.1, 0.15) is 6.92 Å². The number of primary amides is 1. The zero-order valence-electron chi connectivity index (χ0n) is 9.38. The lowest BCUT2D eigenvalue weighted by Crippen LogP contribution is -2.92. The molecule has 0 radical (unpaired) electrons. The van der Waals surface area contributed by atoms with E-state index in [9.17, 15) is 4.79 Å². The van der Waals surface area contributed by atoms with E-state index in [1.54, 1.807) is 13.1 Å². The van der Waals surface area contributed by atoms with Gasteiger partial charge in [-0.3, -0.25) is 0 Å². The number of fused-ring (bicyclic) bond motifs is 1. The van der Waals surface area contributed by atoms with E-state index < -0.39 is 6.09 Å². The number of ether oxygens (including phenoxy) is 1. The molecule has 0 spiro atoms. The van der Waals surface area contributed by atoms with Crippen LogP contribution in [0.25, 0.3) is 10.8 Å². The van der Waals surface area contributed by atoms with Gasteiger partial charge in [-0.1, -0.05) is 24.3 Å². The van der Waals surface area contributed by atoms with Crippen LogP contribution in [0.15, 0.2) is 30.5 Å². The molecule has 0 aliphatic heterocycles. The van der Waals surface area contributed by atoms with Crippen molar-refractivity contribution in [1.29, 1.82) is 0 Å². The monoisotopic (exact) mass is 233 g/mol. The maximum atomic E-state index is 11.2. The summed E-state index contributed by atoms with van der Waals surface area (Å²) in [7, 11) is 0. The third-order valence-electron chi connectivity index (χ3n) is 2.18. The predicted octanol–water partition coefficient (Wildman–Crippen LogP) is 0.677. The van der Waals surface area contributed by atoms with Crippen molar-refractivity contribution in [2.45, 2.75) is 6.92 Å². The van der Waals surface area contributed by atoms with Gasteiger partial charge in [-0.15, -0.1) is 10.5 Å². The second-order valence-corrected chi connectivity index (χ2v) is 3.32.